The SMILES string of the molecule is CO[Si](CCCNOC(=O)CCCCCCCC(=O)OC(C)c1ccc2c(c1)sc1c3ccccc3sc21)(OC)OC. The molecule has 1 atom stereocenters. The molecule has 8 nitrogen and oxygen atoms in total. The van der Waals surface area contributed by atoms with Crippen LogP contribution in [0.25, 0.3) is 29.6 Å². The van der Waals surface area contributed by atoms with Crippen molar-refractivity contribution in [2.75, 3.05) is 27.9 Å². The van der Waals surface area contributed by atoms with Crippen LogP contribution in [0.4, 0.5) is 0 Å². The molecule has 11 heteroatoms. The third kappa shape index (κ3) is 8.37. The van der Waals surface area contributed by atoms with Crippen LogP contribution in [-0.4, -0.2) is 48.6 Å². The number of rotatable bonds is 18. The Hall–Kier alpha value is -2.38. The largest absolute Gasteiger partial charge is 0.500 e. The topological polar surface area (TPSA) is 92.3 Å². The van der Waals surface area contributed by atoms with Crippen molar-refractivity contribution >= 4 is 73.0 Å². The van der Waals surface area contributed by atoms with E-state index in [0.717, 1.165) is 37.7 Å². The summed E-state index contributed by atoms with van der Waals surface area (Å²) in [6.07, 6.45) is 5.51. The quantitative estimate of drug-likeness (QED) is 0.0513. The molecule has 4 aromatic rings. The first kappa shape index (κ1) is 32.5. The number of thiophene rings is 2. The van der Waals surface area contributed by atoms with Crippen LogP contribution in [0, 0.1) is 0 Å². The van der Waals surface area contributed by atoms with Gasteiger partial charge in [-0.3, -0.25) is 9.59 Å². The fourth-order valence-electron chi connectivity index (χ4n) is 4.98. The molecule has 2 heterocycles. The highest BCUT2D eigenvalue weighted by Crippen LogP contribution is 2.44. The maximum absolute atomic E-state index is 12.5. The summed E-state index contributed by atoms with van der Waals surface area (Å²) >= 11 is 3.64. The van der Waals surface area contributed by atoms with Crippen molar-refractivity contribution in [1.29, 1.82) is 0 Å². The van der Waals surface area contributed by atoms with Gasteiger partial charge in [0, 0.05) is 66.9 Å². The second kappa shape index (κ2) is 15.9. The molecule has 0 saturated heterocycles. The summed E-state index contributed by atoms with van der Waals surface area (Å²) in [6, 6.07) is 15.6. The molecule has 0 bridgehead atoms. The van der Waals surface area contributed by atoms with Crippen molar-refractivity contribution < 1.29 is 32.4 Å². The average Bonchev–Trinajstić information content (AvgIpc) is 3.54. The third-order valence-electron chi connectivity index (χ3n) is 7.43. The Bertz CT molecular complexity index is 1460. The van der Waals surface area contributed by atoms with E-state index in [4.69, 9.17) is 22.9 Å². The highest BCUT2D eigenvalue weighted by Gasteiger charge is 2.36. The number of hydrogen-bond acceptors (Lipinski definition) is 10. The zero-order valence-corrected chi connectivity index (χ0v) is 27.5. The normalized spacial score (nSPS) is 12.8. The van der Waals surface area contributed by atoms with Crippen LogP contribution in [0.15, 0.2) is 42.5 Å². The number of unbranched alkanes of at least 4 members (excludes halogenated alkanes) is 4. The molecule has 2 aromatic heterocycles. The van der Waals surface area contributed by atoms with Gasteiger partial charge in [-0.25, -0.2) is 0 Å². The molecule has 0 saturated carbocycles. The van der Waals surface area contributed by atoms with E-state index in [0.29, 0.717) is 31.9 Å². The highest BCUT2D eigenvalue weighted by molar-refractivity contribution is 7.36. The van der Waals surface area contributed by atoms with Crippen LogP contribution >= 0.6 is 22.7 Å². The molecule has 0 radical (unpaired) electrons. The first-order valence-corrected chi connectivity index (χ1v) is 18.1. The van der Waals surface area contributed by atoms with Gasteiger partial charge in [0.15, 0.2) is 0 Å². The van der Waals surface area contributed by atoms with Gasteiger partial charge in [0.25, 0.3) is 0 Å². The molecule has 1 N–H and O–H groups in total. The fourth-order valence-corrected chi connectivity index (χ4v) is 9.41. The maximum atomic E-state index is 12.5. The van der Waals surface area contributed by atoms with Crippen molar-refractivity contribution in [2.24, 2.45) is 0 Å². The molecule has 2 aromatic carbocycles. The molecule has 0 spiro atoms. The van der Waals surface area contributed by atoms with E-state index in [1.165, 1.54) is 29.6 Å². The summed E-state index contributed by atoms with van der Waals surface area (Å²) < 4.78 is 27.1. The second-order valence-corrected chi connectivity index (χ2v) is 15.5. The lowest BCUT2D eigenvalue weighted by atomic mass is 10.1. The Kier molecular flexibility index (Phi) is 12.3. The van der Waals surface area contributed by atoms with Crippen LogP contribution in [0.1, 0.15) is 70.0 Å². The zero-order valence-electron chi connectivity index (χ0n) is 24.9. The third-order valence-corrected chi connectivity index (χ3v) is 12.8. The smallest absolute Gasteiger partial charge is 0.458 e. The van der Waals surface area contributed by atoms with Crippen LogP contribution in [0.2, 0.25) is 6.04 Å². The predicted octanol–water partition coefficient (Wildman–Crippen LogP) is 7.92. The fraction of sp³-hybridized carbons (Fsp3) is 0.484. The van der Waals surface area contributed by atoms with Crippen molar-refractivity contribution in [3.05, 3.63) is 48.0 Å². The number of hydrogen-bond donors (Lipinski definition) is 1. The summed E-state index contributed by atoms with van der Waals surface area (Å²) in [6.45, 7) is 2.44. The van der Waals surface area contributed by atoms with E-state index in [2.05, 4.69) is 47.9 Å². The zero-order chi connectivity index (χ0) is 30.0. The van der Waals surface area contributed by atoms with E-state index in [9.17, 15) is 9.59 Å². The van der Waals surface area contributed by atoms with E-state index >= 15 is 0 Å². The van der Waals surface area contributed by atoms with Crippen molar-refractivity contribution in [1.82, 2.24) is 5.48 Å². The average molecular weight is 632 g/mol. The molecule has 0 aliphatic carbocycles. The standard InChI is InChI=1S/C31H41NO7S2Si/c1-22(23-17-18-25-27(21-23)41-30-24-13-10-11-14-26(24)40-31(25)30)38-28(33)15-8-6-5-7-9-16-29(34)39-32-19-12-20-42(35-2,36-3)37-4/h10-11,13-14,17-18,21-22,32H,5-9,12,15-16,19-20H2,1-4H3. The number of esters is 1. The van der Waals surface area contributed by atoms with Crippen molar-refractivity contribution in [3.8, 4) is 0 Å². The van der Waals surface area contributed by atoms with Gasteiger partial charge in [-0.2, -0.15) is 5.48 Å². The lowest BCUT2D eigenvalue weighted by molar-refractivity contribution is -0.151. The molecule has 0 aliphatic rings. The second-order valence-electron chi connectivity index (χ2n) is 10.3. The molecule has 0 aliphatic heterocycles. The Morgan fingerprint density at radius 2 is 1.40 bits per heavy atom. The molecule has 0 amide bonds. The monoisotopic (exact) mass is 631 g/mol. The van der Waals surface area contributed by atoms with E-state index < -0.39 is 8.80 Å². The van der Waals surface area contributed by atoms with Gasteiger partial charge in [0.1, 0.15) is 6.10 Å². The minimum absolute atomic E-state index is 0.170. The van der Waals surface area contributed by atoms with Gasteiger partial charge in [0.05, 0.1) is 9.40 Å². The molecule has 228 valence electrons. The number of ether oxygens (including phenoxy) is 1. The Morgan fingerprint density at radius 3 is 2.12 bits per heavy atom. The minimum Gasteiger partial charge on any atom is -0.458 e. The van der Waals surface area contributed by atoms with Gasteiger partial charge in [-0.15, -0.1) is 22.7 Å². The summed E-state index contributed by atoms with van der Waals surface area (Å²) in [7, 11) is 2.14. The molecule has 4 rings (SSSR count). The highest BCUT2D eigenvalue weighted by atomic mass is 32.1. The number of nitrogens with one attached hydrogen (secondary N) is 1. The molecular weight excluding hydrogens is 591 g/mol. The van der Waals surface area contributed by atoms with E-state index in [1.807, 2.05) is 29.6 Å². The lowest BCUT2D eigenvalue weighted by Gasteiger charge is -2.24. The van der Waals surface area contributed by atoms with Crippen molar-refractivity contribution in [3.63, 3.8) is 0 Å². The first-order valence-electron chi connectivity index (χ1n) is 14.5. The van der Waals surface area contributed by atoms with Crippen LogP contribution < -0.4 is 5.48 Å². The minimum atomic E-state index is -2.59. The number of fused-ring (bicyclic) bond motifs is 5. The van der Waals surface area contributed by atoms with Gasteiger partial charge in [-0.1, -0.05) is 49.6 Å². The van der Waals surface area contributed by atoms with Crippen molar-refractivity contribution in [2.45, 2.75) is 70.4 Å². The molecule has 0 fully saturated rings. The Labute approximate surface area is 256 Å². The Balaban J connectivity index is 1.07. The molecule has 42 heavy (non-hydrogen) atoms. The van der Waals surface area contributed by atoms with Gasteiger partial charge >= 0.3 is 20.7 Å². The van der Waals surface area contributed by atoms with Gasteiger partial charge < -0.3 is 22.9 Å². The number of carbonyl (C=O) groups is 2. The van der Waals surface area contributed by atoms with E-state index in [1.54, 1.807) is 21.3 Å². The van der Waals surface area contributed by atoms with Crippen LogP contribution in [0.3, 0.4) is 0 Å². The van der Waals surface area contributed by atoms with Crippen LogP contribution in [0.5, 0.6) is 0 Å². The van der Waals surface area contributed by atoms with Gasteiger partial charge in [0.2, 0.25) is 0 Å². The predicted molar refractivity (Wildman–Crippen MR) is 172 cm³/mol. The summed E-state index contributed by atoms with van der Waals surface area (Å²) in [5.74, 6) is -0.438. The summed E-state index contributed by atoms with van der Waals surface area (Å²) in [5.41, 5.74) is 3.73. The van der Waals surface area contributed by atoms with Crippen LogP contribution in [-0.2, 0) is 32.4 Å². The summed E-state index contributed by atoms with van der Waals surface area (Å²) in [4.78, 5) is 29.5. The Morgan fingerprint density at radius 1 is 0.786 bits per heavy atom. The molecular formula is C31H41NO7S2Si. The lowest BCUT2D eigenvalue weighted by Crippen LogP contribution is -2.43. The summed E-state index contributed by atoms with van der Waals surface area (Å²) in [5, 5.41) is 2.58. The first-order chi connectivity index (χ1) is 20.4. The van der Waals surface area contributed by atoms with E-state index in [-0.39, 0.29) is 18.0 Å². The molecule has 1 unspecified atom stereocenters. The number of carbonyl (C=O) groups excluding carboxylic acids is 2. The number of benzene rings is 2. The van der Waals surface area contributed by atoms with Gasteiger partial charge in [-0.05, 0) is 43.9 Å². The number of hydroxylamine groups is 1. The maximum Gasteiger partial charge on any atom is 0.500 e.